The third kappa shape index (κ3) is 2.67. The predicted octanol–water partition coefficient (Wildman–Crippen LogP) is 1.18. The third-order valence-corrected chi connectivity index (χ3v) is 2.74. The summed E-state index contributed by atoms with van der Waals surface area (Å²) in [6.45, 7) is 5.85. The number of aromatic carboxylic acids is 1. The third-order valence-electron chi connectivity index (χ3n) is 2.74. The second-order valence-electron chi connectivity index (χ2n) is 5.34. The molecule has 0 aliphatic carbocycles. The number of likely N-dealkylation sites (tertiary alicyclic amines) is 1. The average Bonchev–Trinajstić information content (AvgIpc) is 2.60. The van der Waals surface area contributed by atoms with E-state index >= 15 is 0 Å². The number of aromatic amines is 1. The van der Waals surface area contributed by atoms with E-state index in [1.807, 2.05) is 0 Å². The summed E-state index contributed by atoms with van der Waals surface area (Å²) in [7, 11) is 0. The first kappa shape index (κ1) is 13.3. The van der Waals surface area contributed by atoms with E-state index in [1.165, 1.54) is 4.90 Å². The van der Waals surface area contributed by atoms with Crippen LogP contribution >= 0.6 is 0 Å². The smallest absolute Gasteiger partial charge is 0.410 e. The van der Waals surface area contributed by atoms with Gasteiger partial charge in [0.25, 0.3) is 0 Å². The van der Waals surface area contributed by atoms with Crippen LogP contribution in [0.25, 0.3) is 0 Å². The number of ether oxygens (including phenoxy) is 1. The number of carboxylic acid groups (broad SMARTS) is 1. The highest BCUT2D eigenvalue weighted by molar-refractivity contribution is 5.86. The SMILES string of the molecule is CC(C)(C)OC(=O)N1CCC1c1n[nH]nc1C(=O)O. The number of hydrogen-bond acceptors (Lipinski definition) is 5. The van der Waals surface area contributed by atoms with Gasteiger partial charge in [0, 0.05) is 6.54 Å². The Balaban J connectivity index is 2.12. The van der Waals surface area contributed by atoms with Crippen molar-refractivity contribution in [2.45, 2.75) is 38.8 Å². The van der Waals surface area contributed by atoms with Gasteiger partial charge >= 0.3 is 12.1 Å². The zero-order valence-corrected chi connectivity index (χ0v) is 11.0. The van der Waals surface area contributed by atoms with Crippen LogP contribution in [0, 0.1) is 0 Å². The fraction of sp³-hybridized carbons (Fsp3) is 0.636. The predicted molar refractivity (Wildman–Crippen MR) is 63.6 cm³/mol. The van der Waals surface area contributed by atoms with Gasteiger partial charge < -0.3 is 9.84 Å². The number of aromatic nitrogens is 3. The maximum atomic E-state index is 11.9. The summed E-state index contributed by atoms with van der Waals surface area (Å²) >= 11 is 0. The van der Waals surface area contributed by atoms with Crippen molar-refractivity contribution in [2.75, 3.05) is 6.54 Å². The van der Waals surface area contributed by atoms with Crippen LogP contribution in [0.4, 0.5) is 4.79 Å². The standard InChI is InChI=1S/C11H16N4O4/c1-11(2,3)19-10(18)15-5-4-6(15)7-8(9(16)17)13-14-12-7/h6H,4-5H2,1-3H3,(H,16,17)(H,12,13,14). The molecule has 2 rings (SSSR count). The molecule has 2 N–H and O–H groups in total. The van der Waals surface area contributed by atoms with Crippen molar-refractivity contribution in [3.63, 3.8) is 0 Å². The summed E-state index contributed by atoms with van der Waals surface area (Å²) in [6, 6.07) is -0.389. The zero-order chi connectivity index (χ0) is 14.2. The van der Waals surface area contributed by atoms with Crippen molar-refractivity contribution in [3.8, 4) is 0 Å². The van der Waals surface area contributed by atoms with Gasteiger partial charge in [0.1, 0.15) is 11.3 Å². The van der Waals surface area contributed by atoms with Gasteiger partial charge in [-0.25, -0.2) is 9.59 Å². The molecule has 8 heteroatoms. The molecule has 0 spiro atoms. The summed E-state index contributed by atoms with van der Waals surface area (Å²) in [4.78, 5) is 24.4. The fourth-order valence-corrected chi connectivity index (χ4v) is 1.84. The van der Waals surface area contributed by atoms with Gasteiger partial charge in [-0.15, -0.1) is 5.10 Å². The van der Waals surface area contributed by atoms with E-state index in [9.17, 15) is 9.59 Å². The van der Waals surface area contributed by atoms with Gasteiger partial charge in [0.05, 0.1) is 6.04 Å². The molecule has 1 aromatic heterocycles. The average molecular weight is 268 g/mol. The Morgan fingerprint density at radius 2 is 2.11 bits per heavy atom. The first-order valence-electron chi connectivity index (χ1n) is 5.93. The first-order chi connectivity index (χ1) is 8.79. The van der Waals surface area contributed by atoms with Crippen LogP contribution in [0.3, 0.4) is 0 Å². The van der Waals surface area contributed by atoms with E-state index in [0.29, 0.717) is 13.0 Å². The molecule has 1 aliphatic heterocycles. The molecule has 2 heterocycles. The van der Waals surface area contributed by atoms with E-state index in [-0.39, 0.29) is 17.4 Å². The Morgan fingerprint density at radius 1 is 1.42 bits per heavy atom. The fourth-order valence-electron chi connectivity index (χ4n) is 1.84. The second-order valence-corrected chi connectivity index (χ2v) is 5.34. The number of hydrogen-bond donors (Lipinski definition) is 2. The largest absolute Gasteiger partial charge is 0.476 e. The van der Waals surface area contributed by atoms with E-state index in [0.717, 1.165) is 0 Å². The lowest BCUT2D eigenvalue weighted by Gasteiger charge is -2.40. The molecule has 0 saturated carbocycles. The van der Waals surface area contributed by atoms with Crippen LogP contribution in [-0.4, -0.2) is 49.6 Å². The van der Waals surface area contributed by atoms with Crippen LogP contribution in [0.1, 0.15) is 49.4 Å². The maximum Gasteiger partial charge on any atom is 0.410 e. The van der Waals surface area contributed by atoms with Gasteiger partial charge in [0.2, 0.25) is 0 Å². The molecule has 1 fully saturated rings. The monoisotopic (exact) mass is 268 g/mol. The Kier molecular flexibility index (Phi) is 3.17. The quantitative estimate of drug-likeness (QED) is 0.833. The maximum absolute atomic E-state index is 11.9. The number of carboxylic acids is 1. The van der Waals surface area contributed by atoms with Crippen LogP contribution in [0.15, 0.2) is 0 Å². The van der Waals surface area contributed by atoms with Gasteiger partial charge in [0.15, 0.2) is 5.69 Å². The molecule has 104 valence electrons. The first-order valence-corrected chi connectivity index (χ1v) is 5.93. The van der Waals surface area contributed by atoms with Crippen LogP contribution in [0.2, 0.25) is 0 Å². The molecule has 1 atom stereocenters. The molecule has 0 radical (unpaired) electrons. The summed E-state index contributed by atoms with van der Waals surface area (Å²) < 4.78 is 5.25. The number of rotatable bonds is 2. The highest BCUT2D eigenvalue weighted by Crippen LogP contribution is 2.34. The number of carbonyl (C=O) groups is 2. The molecule has 8 nitrogen and oxygen atoms in total. The zero-order valence-electron chi connectivity index (χ0n) is 11.0. The minimum atomic E-state index is -1.17. The van der Waals surface area contributed by atoms with E-state index in [1.54, 1.807) is 20.8 Å². The molecule has 19 heavy (non-hydrogen) atoms. The number of amides is 1. The molecule has 1 unspecified atom stereocenters. The second kappa shape index (κ2) is 4.52. The van der Waals surface area contributed by atoms with Crippen LogP contribution < -0.4 is 0 Å². The van der Waals surface area contributed by atoms with Gasteiger partial charge in [-0.2, -0.15) is 10.3 Å². The van der Waals surface area contributed by atoms with Crippen molar-refractivity contribution in [2.24, 2.45) is 0 Å². The Labute approximate surface area is 109 Å². The Hall–Kier alpha value is -2.12. The summed E-state index contributed by atoms with van der Waals surface area (Å²) in [5, 5.41) is 18.6. The number of carbonyl (C=O) groups excluding carboxylic acids is 1. The molecule has 1 amide bonds. The van der Waals surface area contributed by atoms with Crippen LogP contribution in [0.5, 0.6) is 0 Å². The van der Waals surface area contributed by atoms with Crippen molar-refractivity contribution >= 4 is 12.1 Å². The minimum Gasteiger partial charge on any atom is -0.476 e. The highest BCUT2D eigenvalue weighted by atomic mass is 16.6. The number of nitrogens with one attached hydrogen (secondary N) is 1. The molecular formula is C11H16N4O4. The highest BCUT2D eigenvalue weighted by Gasteiger charge is 2.40. The van der Waals surface area contributed by atoms with E-state index in [4.69, 9.17) is 9.84 Å². The summed E-state index contributed by atoms with van der Waals surface area (Å²) in [5.41, 5.74) is -0.473. The molecular weight excluding hydrogens is 252 g/mol. The van der Waals surface area contributed by atoms with E-state index in [2.05, 4.69) is 15.4 Å². The lowest BCUT2D eigenvalue weighted by atomic mass is 9.99. The van der Waals surface area contributed by atoms with Crippen LogP contribution in [-0.2, 0) is 4.74 Å². The van der Waals surface area contributed by atoms with Crippen molar-refractivity contribution in [3.05, 3.63) is 11.4 Å². The topological polar surface area (TPSA) is 108 Å². The van der Waals surface area contributed by atoms with Crippen molar-refractivity contribution < 1.29 is 19.4 Å². The van der Waals surface area contributed by atoms with Gasteiger partial charge in [-0.3, -0.25) is 4.90 Å². The normalized spacial score (nSPS) is 18.9. The Morgan fingerprint density at radius 3 is 2.58 bits per heavy atom. The molecule has 1 saturated heterocycles. The lowest BCUT2D eigenvalue weighted by Crippen LogP contribution is -2.47. The molecule has 0 bridgehead atoms. The number of H-pyrrole nitrogens is 1. The molecule has 0 aromatic carbocycles. The van der Waals surface area contributed by atoms with E-state index < -0.39 is 17.7 Å². The van der Waals surface area contributed by atoms with Gasteiger partial charge in [-0.05, 0) is 27.2 Å². The van der Waals surface area contributed by atoms with Gasteiger partial charge in [-0.1, -0.05) is 0 Å². The molecule has 1 aromatic rings. The Bertz CT molecular complexity index is 505. The number of nitrogens with zero attached hydrogens (tertiary/aromatic N) is 3. The van der Waals surface area contributed by atoms with Crippen molar-refractivity contribution in [1.29, 1.82) is 0 Å². The molecule has 1 aliphatic rings. The van der Waals surface area contributed by atoms with Crippen molar-refractivity contribution in [1.82, 2.24) is 20.3 Å². The minimum absolute atomic E-state index is 0.154. The summed E-state index contributed by atoms with van der Waals surface area (Å²) in [6.07, 6.45) is 0.176. The lowest BCUT2D eigenvalue weighted by molar-refractivity contribution is -0.00687. The summed E-state index contributed by atoms with van der Waals surface area (Å²) in [5.74, 6) is -1.17.